The van der Waals surface area contributed by atoms with Crippen molar-refractivity contribution in [1.82, 2.24) is 4.57 Å². The molecular formula is C14H12N2O. The van der Waals surface area contributed by atoms with Crippen molar-refractivity contribution in [3.63, 3.8) is 0 Å². The van der Waals surface area contributed by atoms with Crippen molar-refractivity contribution in [2.75, 3.05) is 0 Å². The van der Waals surface area contributed by atoms with Crippen LogP contribution in [0.4, 0.5) is 0 Å². The number of rotatable bonds is 0. The molecule has 0 radical (unpaired) electrons. The molecule has 84 valence electrons. The molecule has 2 aromatic carbocycles. The summed E-state index contributed by atoms with van der Waals surface area (Å²) in [6.45, 7) is 0. The number of fused-ring (bicyclic) bond motifs is 2. The zero-order chi connectivity index (χ0) is 11.8. The van der Waals surface area contributed by atoms with Crippen LogP contribution in [0, 0.1) is 0 Å². The molecule has 1 N–H and O–H groups in total. The molecule has 0 amide bonds. The molecule has 0 spiro atoms. The Morgan fingerprint density at radius 1 is 0.882 bits per heavy atom. The van der Waals surface area contributed by atoms with Gasteiger partial charge in [0.1, 0.15) is 5.36 Å². The molecule has 3 nitrogen and oxygen atoms in total. The Balaban J connectivity index is 2.74. The smallest absolute Gasteiger partial charge is 0.121 e. The minimum Gasteiger partial charge on any atom is -0.410 e. The van der Waals surface area contributed by atoms with Crippen molar-refractivity contribution >= 4 is 21.8 Å². The van der Waals surface area contributed by atoms with Crippen LogP contribution in [-0.2, 0) is 7.05 Å². The number of aromatic nitrogens is 1. The quantitative estimate of drug-likeness (QED) is 0.356. The molecule has 3 rings (SSSR count). The van der Waals surface area contributed by atoms with Gasteiger partial charge in [0.2, 0.25) is 0 Å². The van der Waals surface area contributed by atoms with Crippen LogP contribution < -0.4 is 5.36 Å². The first-order valence-electron chi connectivity index (χ1n) is 5.47. The Labute approximate surface area is 98.2 Å². The Morgan fingerprint density at radius 2 is 1.35 bits per heavy atom. The van der Waals surface area contributed by atoms with Gasteiger partial charge >= 0.3 is 0 Å². The monoisotopic (exact) mass is 224 g/mol. The van der Waals surface area contributed by atoms with Crippen molar-refractivity contribution in [1.29, 1.82) is 0 Å². The van der Waals surface area contributed by atoms with Gasteiger partial charge < -0.3 is 9.77 Å². The maximum atomic E-state index is 9.24. The van der Waals surface area contributed by atoms with E-state index in [1.54, 1.807) is 0 Å². The van der Waals surface area contributed by atoms with Gasteiger partial charge in [-0.25, -0.2) is 0 Å². The van der Waals surface area contributed by atoms with Crippen LogP contribution in [0.1, 0.15) is 0 Å². The van der Waals surface area contributed by atoms with Gasteiger partial charge in [-0.1, -0.05) is 41.6 Å². The van der Waals surface area contributed by atoms with E-state index in [2.05, 4.69) is 9.72 Å². The van der Waals surface area contributed by atoms with Gasteiger partial charge in [-0.2, -0.15) is 0 Å². The highest BCUT2D eigenvalue weighted by molar-refractivity contribution is 5.92. The summed E-state index contributed by atoms with van der Waals surface area (Å²) in [5.74, 6) is 0. The van der Waals surface area contributed by atoms with Crippen LogP contribution in [0.3, 0.4) is 0 Å². The molecule has 0 atom stereocenters. The molecule has 0 aliphatic rings. The van der Waals surface area contributed by atoms with E-state index in [1.807, 2.05) is 55.6 Å². The average molecular weight is 224 g/mol. The Hall–Kier alpha value is -2.29. The molecule has 0 saturated heterocycles. The largest absolute Gasteiger partial charge is 0.410 e. The van der Waals surface area contributed by atoms with Crippen molar-refractivity contribution < 1.29 is 5.21 Å². The van der Waals surface area contributed by atoms with E-state index in [1.165, 1.54) is 0 Å². The molecule has 1 heterocycles. The lowest BCUT2D eigenvalue weighted by molar-refractivity contribution is 0.304. The molecule has 1 aromatic heterocycles. The van der Waals surface area contributed by atoms with Gasteiger partial charge in [0.25, 0.3) is 0 Å². The van der Waals surface area contributed by atoms with Crippen LogP contribution in [0.2, 0.25) is 0 Å². The summed E-state index contributed by atoms with van der Waals surface area (Å²) in [5, 5.41) is 15.2. The molecule has 0 bridgehead atoms. The van der Waals surface area contributed by atoms with Gasteiger partial charge in [-0.15, -0.1) is 0 Å². The summed E-state index contributed by atoms with van der Waals surface area (Å²) >= 11 is 0. The third kappa shape index (κ3) is 1.32. The summed E-state index contributed by atoms with van der Waals surface area (Å²) in [6.07, 6.45) is 0. The maximum Gasteiger partial charge on any atom is 0.121 e. The van der Waals surface area contributed by atoms with Crippen LogP contribution in [0.25, 0.3) is 21.8 Å². The van der Waals surface area contributed by atoms with E-state index in [0.717, 1.165) is 21.8 Å². The lowest BCUT2D eigenvalue weighted by Gasteiger charge is -2.10. The van der Waals surface area contributed by atoms with Crippen molar-refractivity contribution in [2.45, 2.75) is 0 Å². The number of aryl methyl sites for hydroxylation is 1. The van der Waals surface area contributed by atoms with Gasteiger partial charge in [-0.05, 0) is 12.1 Å². The topological polar surface area (TPSA) is 37.5 Å². The molecule has 0 aliphatic heterocycles. The van der Waals surface area contributed by atoms with Gasteiger partial charge in [0, 0.05) is 17.8 Å². The molecule has 3 aromatic rings. The first kappa shape index (κ1) is 9.90. The van der Waals surface area contributed by atoms with Crippen molar-refractivity contribution in [3.8, 4) is 0 Å². The van der Waals surface area contributed by atoms with Gasteiger partial charge in [-0.3, -0.25) is 0 Å². The highest BCUT2D eigenvalue weighted by Gasteiger charge is 2.05. The van der Waals surface area contributed by atoms with E-state index < -0.39 is 0 Å². The maximum absolute atomic E-state index is 9.24. The third-order valence-corrected chi connectivity index (χ3v) is 3.14. The van der Waals surface area contributed by atoms with Gasteiger partial charge in [0.15, 0.2) is 0 Å². The second-order valence-electron chi connectivity index (χ2n) is 4.04. The third-order valence-electron chi connectivity index (χ3n) is 3.14. The van der Waals surface area contributed by atoms with E-state index in [9.17, 15) is 5.21 Å². The first-order valence-corrected chi connectivity index (χ1v) is 5.47. The highest BCUT2D eigenvalue weighted by atomic mass is 16.4. The summed E-state index contributed by atoms with van der Waals surface area (Å²) in [6, 6.07) is 15.9. The summed E-state index contributed by atoms with van der Waals surface area (Å²) in [7, 11) is 2.02. The summed E-state index contributed by atoms with van der Waals surface area (Å²) in [4.78, 5) is 0. The number of benzene rings is 2. The standard InChI is InChI=1S/C14H12N2O/c1-16-12-8-4-2-6-10(12)14(15-17)11-7-3-5-9-13(11)16/h2-9,17H,1H3. The van der Waals surface area contributed by atoms with E-state index in [0.29, 0.717) is 5.36 Å². The lowest BCUT2D eigenvalue weighted by atomic mass is 10.1. The SMILES string of the molecule is Cn1c2ccccc2c(=NO)c2ccccc21. The number of para-hydroxylation sites is 2. The average Bonchev–Trinajstić information content (AvgIpc) is 2.40. The molecule has 0 unspecified atom stereocenters. The van der Waals surface area contributed by atoms with Crippen LogP contribution in [-0.4, -0.2) is 9.77 Å². The molecule has 3 heteroatoms. The van der Waals surface area contributed by atoms with E-state index in [4.69, 9.17) is 0 Å². The Morgan fingerprint density at radius 3 is 1.82 bits per heavy atom. The molecule has 0 fully saturated rings. The molecule has 17 heavy (non-hydrogen) atoms. The summed E-state index contributed by atoms with van der Waals surface area (Å²) < 4.78 is 2.11. The van der Waals surface area contributed by atoms with Crippen LogP contribution in [0.5, 0.6) is 0 Å². The number of nitrogens with zero attached hydrogens (tertiary/aromatic N) is 2. The van der Waals surface area contributed by atoms with E-state index >= 15 is 0 Å². The second-order valence-corrected chi connectivity index (χ2v) is 4.04. The zero-order valence-electron chi connectivity index (χ0n) is 9.46. The fourth-order valence-electron chi connectivity index (χ4n) is 2.32. The van der Waals surface area contributed by atoms with Crippen LogP contribution in [0.15, 0.2) is 53.7 Å². The lowest BCUT2D eigenvalue weighted by Crippen LogP contribution is -2.10. The van der Waals surface area contributed by atoms with E-state index in [-0.39, 0.29) is 0 Å². The normalized spacial score (nSPS) is 10.9. The van der Waals surface area contributed by atoms with Crippen molar-refractivity contribution in [2.24, 2.45) is 12.2 Å². The highest BCUT2D eigenvalue weighted by Crippen LogP contribution is 2.17. The fourth-order valence-corrected chi connectivity index (χ4v) is 2.32. The number of hydrogen-bond acceptors (Lipinski definition) is 2. The predicted molar refractivity (Wildman–Crippen MR) is 67.8 cm³/mol. The fraction of sp³-hybridized carbons (Fsp3) is 0.0714. The minimum atomic E-state index is 0.634. The molecule has 0 saturated carbocycles. The molecule has 0 aliphatic carbocycles. The number of hydrogen-bond donors (Lipinski definition) is 1. The number of pyridine rings is 1. The first-order chi connectivity index (χ1) is 8.33. The van der Waals surface area contributed by atoms with Crippen molar-refractivity contribution in [3.05, 3.63) is 53.9 Å². The summed E-state index contributed by atoms with van der Waals surface area (Å²) in [5.41, 5.74) is 2.11. The Bertz CT molecular complexity index is 712. The van der Waals surface area contributed by atoms with Crippen LogP contribution >= 0.6 is 0 Å². The Kier molecular flexibility index (Phi) is 2.11. The van der Waals surface area contributed by atoms with Gasteiger partial charge in [0.05, 0.1) is 11.0 Å². The second kappa shape index (κ2) is 3.63. The molecular weight excluding hydrogens is 212 g/mol. The minimum absolute atomic E-state index is 0.634. The predicted octanol–water partition coefficient (Wildman–Crippen LogP) is 2.62. The zero-order valence-corrected chi connectivity index (χ0v) is 9.46.